The second-order valence-electron chi connectivity index (χ2n) is 5.78. The molecule has 2 rings (SSSR count). The molecule has 0 bridgehead atoms. The van der Waals surface area contributed by atoms with Crippen LogP contribution in [0.2, 0.25) is 0 Å². The Morgan fingerprint density at radius 1 is 1.33 bits per heavy atom. The molecule has 1 fully saturated rings. The Morgan fingerprint density at radius 2 is 2.00 bits per heavy atom. The Kier molecular flexibility index (Phi) is 7.99. The van der Waals surface area contributed by atoms with Gasteiger partial charge in [0.2, 0.25) is 5.91 Å². The van der Waals surface area contributed by atoms with Crippen LogP contribution in [0.5, 0.6) is 5.75 Å². The molecule has 1 atom stereocenters. The third kappa shape index (κ3) is 5.65. The van der Waals surface area contributed by atoms with Crippen LogP contribution in [0.15, 0.2) is 24.3 Å². The second kappa shape index (κ2) is 9.25. The number of sulfone groups is 1. The van der Waals surface area contributed by atoms with E-state index in [4.69, 9.17) is 4.74 Å². The largest absolute Gasteiger partial charge is 0.497 e. The van der Waals surface area contributed by atoms with Crippen molar-refractivity contribution < 1.29 is 17.9 Å². The summed E-state index contributed by atoms with van der Waals surface area (Å²) in [6.07, 6.45) is 0.882. The lowest BCUT2D eigenvalue weighted by atomic mass is 10.1. The number of carbonyl (C=O) groups is 1. The molecule has 1 saturated heterocycles. The van der Waals surface area contributed by atoms with Crippen LogP contribution in [-0.2, 0) is 21.2 Å². The third-order valence-electron chi connectivity index (χ3n) is 4.07. The molecule has 1 unspecified atom stereocenters. The summed E-state index contributed by atoms with van der Waals surface area (Å²) in [5.41, 5.74) is 0.966. The molecule has 0 spiro atoms. The Hall–Kier alpha value is -1.31. The summed E-state index contributed by atoms with van der Waals surface area (Å²) >= 11 is 0. The maximum atomic E-state index is 12.5. The van der Waals surface area contributed by atoms with E-state index in [0.717, 1.165) is 11.3 Å². The summed E-state index contributed by atoms with van der Waals surface area (Å²) < 4.78 is 28.6. The third-order valence-corrected chi connectivity index (χ3v) is 5.82. The maximum absolute atomic E-state index is 12.5. The van der Waals surface area contributed by atoms with E-state index in [1.165, 1.54) is 0 Å². The lowest BCUT2D eigenvalue weighted by Crippen LogP contribution is -2.41. The fourth-order valence-corrected chi connectivity index (χ4v) is 4.48. The standard InChI is InChI=1S/C16H24N2O4S.ClH/c1-17-9-7-16(19)18(14-8-10-23(20,21)12-14)11-13-3-5-15(22-2)6-4-13;/h3-6,14,17H,7-12H2,1-2H3;1H. The topological polar surface area (TPSA) is 75.7 Å². The molecule has 0 aromatic heterocycles. The van der Waals surface area contributed by atoms with Crippen molar-refractivity contribution in [3.63, 3.8) is 0 Å². The van der Waals surface area contributed by atoms with Crippen molar-refractivity contribution in [2.45, 2.75) is 25.4 Å². The van der Waals surface area contributed by atoms with Crippen molar-refractivity contribution in [3.05, 3.63) is 29.8 Å². The number of hydrogen-bond donors (Lipinski definition) is 1. The molecule has 8 heteroatoms. The minimum Gasteiger partial charge on any atom is -0.497 e. The first-order valence-corrected chi connectivity index (χ1v) is 9.55. The molecule has 1 aromatic rings. The number of amides is 1. The van der Waals surface area contributed by atoms with Gasteiger partial charge in [-0.2, -0.15) is 0 Å². The summed E-state index contributed by atoms with van der Waals surface area (Å²) in [5, 5.41) is 2.96. The molecule has 0 radical (unpaired) electrons. The molecular formula is C16H25ClN2O4S. The minimum absolute atomic E-state index is 0. The highest BCUT2D eigenvalue weighted by Gasteiger charge is 2.34. The van der Waals surface area contributed by atoms with E-state index in [1.54, 1.807) is 19.1 Å². The first-order chi connectivity index (χ1) is 10.9. The van der Waals surface area contributed by atoms with Crippen molar-refractivity contribution in [2.75, 3.05) is 32.2 Å². The van der Waals surface area contributed by atoms with Crippen LogP contribution in [0.3, 0.4) is 0 Å². The number of benzene rings is 1. The van der Waals surface area contributed by atoms with E-state index in [2.05, 4.69) is 5.32 Å². The predicted octanol–water partition coefficient (Wildman–Crippen LogP) is 1.24. The average Bonchev–Trinajstić information content (AvgIpc) is 2.90. The lowest BCUT2D eigenvalue weighted by molar-refractivity contribution is -0.133. The number of hydrogen-bond acceptors (Lipinski definition) is 5. The van der Waals surface area contributed by atoms with Gasteiger partial charge in [-0.1, -0.05) is 12.1 Å². The molecular weight excluding hydrogens is 352 g/mol. The summed E-state index contributed by atoms with van der Waals surface area (Å²) in [6.45, 7) is 1.00. The van der Waals surface area contributed by atoms with Gasteiger partial charge in [-0.3, -0.25) is 4.79 Å². The first kappa shape index (κ1) is 20.7. The Morgan fingerprint density at radius 3 is 2.50 bits per heavy atom. The summed E-state index contributed by atoms with van der Waals surface area (Å²) in [6, 6.07) is 7.27. The van der Waals surface area contributed by atoms with Gasteiger partial charge in [0.05, 0.1) is 18.6 Å². The van der Waals surface area contributed by atoms with Gasteiger partial charge in [0.25, 0.3) is 0 Å². The number of rotatable bonds is 7. The zero-order valence-electron chi connectivity index (χ0n) is 14.0. The van der Waals surface area contributed by atoms with E-state index >= 15 is 0 Å². The zero-order chi connectivity index (χ0) is 16.9. The number of carbonyl (C=O) groups excluding carboxylic acids is 1. The Balaban J connectivity index is 0.00000288. The molecule has 1 aliphatic rings. The first-order valence-electron chi connectivity index (χ1n) is 7.72. The fraction of sp³-hybridized carbons (Fsp3) is 0.562. The van der Waals surface area contributed by atoms with Crippen LogP contribution in [0.25, 0.3) is 0 Å². The predicted molar refractivity (Wildman–Crippen MR) is 96.4 cm³/mol. The molecule has 1 aromatic carbocycles. The molecule has 24 heavy (non-hydrogen) atoms. The van der Waals surface area contributed by atoms with Gasteiger partial charge >= 0.3 is 0 Å². The lowest BCUT2D eigenvalue weighted by Gasteiger charge is -2.28. The second-order valence-corrected chi connectivity index (χ2v) is 8.01. The number of nitrogens with one attached hydrogen (secondary N) is 1. The van der Waals surface area contributed by atoms with E-state index in [-0.39, 0.29) is 35.9 Å². The van der Waals surface area contributed by atoms with Crippen molar-refractivity contribution in [1.29, 1.82) is 0 Å². The molecule has 1 N–H and O–H groups in total. The van der Waals surface area contributed by atoms with E-state index in [0.29, 0.717) is 25.9 Å². The maximum Gasteiger partial charge on any atom is 0.224 e. The van der Waals surface area contributed by atoms with E-state index < -0.39 is 9.84 Å². The highest BCUT2D eigenvalue weighted by molar-refractivity contribution is 7.91. The molecule has 1 heterocycles. The number of methoxy groups -OCH3 is 1. The number of halogens is 1. The molecule has 6 nitrogen and oxygen atoms in total. The molecule has 0 saturated carbocycles. The van der Waals surface area contributed by atoms with E-state index in [9.17, 15) is 13.2 Å². The zero-order valence-corrected chi connectivity index (χ0v) is 15.7. The van der Waals surface area contributed by atoms with Crippen LogP contribution < -0.4 is 10.1 Å². The van der Waals surface area contributed by atoms with Gasteiger partial charge < -0.3 is 15.0 Å². The van der Waals surface area contributed by atoms with Crippen LogP contribution in [0, 0.1) is 0 Å². The van der Waals surface area contributed by atoms with Gasteiger partial charge in [-0.05, 0) is 31.2 Å². The van der Waals surface area contributed by atoms with Gasteiger partial charge in [0.15, 0.2) is 9.84 Å². The van der Waals surface area contributed by atoms with Gasteiger partial charge in [-0.25, -0.2) is 8.42 Å². The minimum atomic E-state index is -3.03. The summed E-state index contributed by atoms with van der Waals surface area (Å²) in [5.74, 6) is 0.965. The normalized spacial score (nSPS) is 18.7. The number of ether oxygens (including phenoxy) is 1. The number of nitrogens with zero attached hydrogens (tertiary/aromatic N) is 1. The fourth-order valence-electron chi connectivity index (χ4n) is 2.75. The Labute approximate surface area is 149 Å². The van der Waals surface area contributed by atoms with Crippen molar-refractivity contribution in [2.24, 2.45) is 0 Å². The van der Waals surface area contributed by atoms with Crippen molar-refractivity contribution in [1.82, 2.24) is 10.2 Å². The molecule has 0 aliphatic carbocycles. The monoisotopic (exact) mass is 376 g/mol. The molecule has 136 valence electrons. The molecule has 1 amide bonds. The average molecular weight is 377 g/mol. The van der Waals surface area contributed by atoms with Crippen molar-refractivity contribution in [3.8, 4) is 5.75 Å². The summed E-state index contributed by atoms with van der Waals surface area (Å²) in [7, 11) is 0.369. The molecule has 1 aliphatic heterocycles. The highest BCUT2D eigenvalue weighted by Crippen LogP contribution is 2.22. The Bertz CT molecular complexity index is 634. The van der Waals surface area contributed by atoms with Gasteiger partial charge in [-0.15, -0.1) is 12.4 Å². The van der Waals surface area contributed by atoms with Crippen LogP contribution in [0.1, 0.15) is 18.4 Å². The highest BCUT2D eigenvalue weighted by atomic mass is 35.5. The van der Waals surface area contributed by atoms with Crippen LogP contribution in [-0.4, -0.2) is 57.5 Å². The SMILES string of the molecule is CNCCC(=O)N(Cc1ccc(OC)cc1)C1CCS(=O)(=O)C1.Cl. The van der Waals surface area contributed by atoms with Gasteiger partial charge in [0.1, 0.15) is 5.75 Å². The van der Waals surface area contributed by atoms with Crippen molar-refractivity contribution >= 4 is 28.2 Å². The van der Waals surface area contributed by atoms with Crippen LogP contribution >= 0.6 is 12.4 Å². The van der Waals surface area contributed by atoms with E-state index in [1.807, 2.05) is 24.3 Å². The summed E-state index contributed by atoms with van der Waals surface area (Å²) in [4.78, 5) is 14.2. The quantitative estimate of drug-likeness (QED) is 0.774. The smallest absolute Gasteiger partial charge is 0.224 e. The van der Waals surface area contributed by atoms with Gasteiger partial charge in [0, 0.05) is 25.6 Å². The van der Waals surface area contributed by atoms with Crippen LogP contribution in [0.4, 0.5) is 0 Å².